The van der Waals surface area contributed by atoms with Gasteiger partial charge in [-0.3, -0.25) is 14.6 Å². The number of pyridine rings is 2. The van der Waals surface area contributed by atoms with Crippen LogP contribution in [0.2, 0.25) is 0 Å². The van der Waals surface area contributed by atoms with E-state index in [1.54, 1.807) is 27.8 Å². The maximum Gasteiger partial charge on any atom is 0.282 e. The quantitative estimate of drug-likeness (QED) is 0.265. The van der Waals surface area contributed by atoms with Crippen LogP contribution < -0.4 is 11.2 Å². The predicted octanol–water partition coefficient (Wildman–Crippen LogP) is 0.870. The van der Waals surface area contributed by atoms with Gasteiger partial charge in [0.05, 0.1) is 55.9 Å². The van der Waals surface area contributed by atoms with Gasteiger partial charge in [0.1, 0.15) is 11.9 Å². The van der Waals surface area contributed by atoms with E-state index in [9.17, 15) is 19.5 Å². The predicted molar refractivity (Wildman–Crippen MR) is 146 cm³/mol. The van der Waals surface area contributed by atoms with E-state index in [0.717, 1.165) is 23.0 Å². The Morgan fingerprint density at radius 3 is 2.83 bits per heavy atom. The fourth-order valence-electron chi connectivity index (χ4n) is 5.81. The molecule has 1 amide bonds. The minimum Gasteiger partial charge on any atom is -0.505 e. The molecule has 0 aromatic carbocycles. The van der Waals surface area contributed by atoms with Crippen LogP contribution in [0.25, 0.3) is 10.9 Å². The highest BCUT2D eigenvalue weighted by atomic mass is 16.5. The number of aldehydes is 1. The number of carbonyl (C=O) groups is 2. The molecule has 0 atom stereocenters. The van der Waals surface area contributed by atoms with Crippen molar-refractivity contribution in [3.8, 4) is 5.75 Å². The van der Waals surface area contributed by atoms with Crippen LogP contribution in [0.1, 0.15) is 41.0 Å². The van der Waals surface area contributed by atoms with Crippen LogP contribution in [0.3, 0.4) is 0 Å². The maximum absolute atomic E-state index is 13.8. The van der Waals surface area contributed by atoms with Gasteiger partial charge in [0, 0.05) is 31.4 Å². The number of amides is 1. The standard InChI is InChI=1S/C28H29N7O6/c1-29-35-25(38)22-21(34(11-12-36)27(35)32-15-18-4-13-40-14-5-18)17-41-28(22)6-9-33(10-7-28)26(39)23-24(37)19-3-2-8-30-20(19)16-31-23/h2-4,8,12,16,37H,1,5-7,9-11,13-15,17H2. The van der Waals surface area contributed by atoms with Crippen LogP contribution in [0, 0.1) is 0 Å². The summed E-state index contributed by atoms with van der Waals surface area (Å²) >= 11 is 0. The third-order valence-corrected chi connectivity index (χ3v) is 7.97. The second-order valence-corrected chi connectivity index (χ2v) is 10.1. The van der Waals surface area contributed by atoms with Gasteiger partial charge in [0.2, 0.25) is 5.62 Å². The number of piperidine rings is 1. The molecule has 41 heavy (non-hydrogen) atoms. The van der Waals surface area contributed by atoms with Gasteiger partial charge in [0.15, 0.2) is 11.4 Å². The van der Waals surface area contributed by atoms with Gasteiger partial charge in [-0.2, -0.15) is 9.78 Å². The molecule has 6 heterocycles. The van der Waals surface area contributed by atoms with Crippen molar-refractivity contribution >= 4 is 29.8 Å². The number of nitrogens with zero attached hydrogens (tertiary/aromatic N) is 7. The van der Waals surface area contributed by atoms with Gasteiger partial charge >= 0.3 is 0 Å². The summed E-state index contributed by atoms with van der Waals surface area (Å²) in [6.07, 6.45) is 7.16. The molecule has 1 spiro atoms. The lowest BCUT2D eigenvalue weighted by molar-refractivity contribution is -0.108. The molecule has 1 saturated heterocycles. The van der Waals surface area contributed by atoms with Crippen LogP contribution in [0.4, 0.5) is 0 Å². The van der Waals surface area contributed by atoms with Crippen molar-refractivity contribution in [2.45, 2.75) is 38.0 Å². The van der Waals surface area contributed by atoms with E-state index >= 15 is 0 Å². The minimum absolute atomic E-state index is 0.0368. The normalized spacial score (nSPS) is 18.4. The Bertz CT molecular complexity index is 1720. The molecule has 3 aliphatic heterocycles. The number of aromatic nitrogens is 4. The first-order chi connectivity index (χ1) is 20.0. The zero-order valence-electron chi connectivity index (χ0n) is 22.4. The van der Waals surface area contributed by atoms with Crippen LogP contribution in [-0.4, -0.2) is 81.0 Å². The lowest BCUT2D eigenvalue weighted by Gasteiger charge is -2.38. The Morgan fingerprint density at radius 1 is 1.27 bits per heavy atom. The summed E-state index contributed by atoms with van der Waals surface area (Å²) in [4.78, 5) is 53.5. The highest BCUT2D eigenvalue weighted by Crippen LogP contribution is 2.42. The third kappa shape index (κ3) is 4.56. The summed E-state index contributed by atoms with van der Waals surface area (Å²) < 4.78 is 14.4. The summed E-state index contributed by atoms with van der Waals surface area (Å²) in [5.41, 5.74) is 1.34. The Labute approximate surface area is 234 Å². The fraction of sp³-hybridized carbons (Fsp3) is 0.393. The van der Waals surface area contributed by atoms with Crippen molar-refractivity contribution < 1.29 is 24.2 Å². The zero-order chi connectivity index (χ0) is 28.6. The molecule has 3 aromatic rings. The van der Waals surface area contributed by atoms with Crippen molar-refractivity contribution in [2.75, 3.05) is 32.8 Å². The molecule has 6 rings (SSSR count). The van der Waals surface area contributed by atoms with E-state index < -0.39 is 17.1 Å². The number of fused-ring (bicyclic) bond motifs is 3. The van der Waals surface area contributed by atoms with Crippen molar-refractivity contribution in [2.24, 2.45) is 10.1 Å². The second-order valence-electron chi connectivity index (χ2n) is 10.1. The van der Waals surface area contributed by atoms with E-state index in [4.69, 9.17) is 9.47 Å². The first-order valence-electron chi connectivity index (χ1n) is 13.4. The van der Waals surface area contributed by atoms with Crippen molar-refractivity contribution in [3.05, 3.63) is 69.1 Å². The van der Waals surface area contributed by atoms with Gasteiger partial charge in [-0.05, 0) is 37.0 Å². The van der Waals surface area contributed by atoms with Crippen LogP contribution in [0.15, 0.2) is 51.1 Å². The number of carbonyl (C=O) groups excluding carboxylic acids is 2. The molecule has 13 nitrogen and oxygen atoms in total. The van der Waals surface area contributed by atoms with Crippen LogP contribution >= 0.6 is 0 Å². The van der Waals surface area contributed by atoms with Crippen molar-refractivity contribution in [3.63, 3.8) is 0 Å². The van der Waals surface area contributed by atoms with E-state index in [2.05, 4.69) is 26.8 Å². The van der Waals surface area contributed by atoms with E-state index in [0.29, 0.717) is 54.8 Å². The molecule has 212 valence electrons. The topological polar surface area (TPSA) is 154 Å². The molecule has 0 saturated carbocycles. The fourth-order valence-corrected chi connectivity index (χ4v) is 5.81. The van der Waals surface area contributed by atoms with Gasteiger partial charge in [-0.1, -0.05) is 6.08 Å². The molecule has 0 radical (unpaired) electrons. The zero-order valence-corrected chi connectivity index (χ0v) is 22.4. The number of rotatable bonds is 6. The lowest BCUT2D eigenvalue weighted by atomic mass is 9.85. The van der Waals surface area contributed by atoms with Gasteiger partial charge in [-0.25, -0.2) is 9.98 Å². The van der Waals surface area contributed by atoms with E-state index in [1.165, 1.54) is 6.20 Å². The number of hydrogen-bond donors (Lipinski definition) is 1. The van der Waals surface area contributed by atoms with Crippen LogP contribution in [0.5, 0.6) is 5.75 Å². The molecule has 3 aliphatic rings. The monoisotopic (exact) mass is 559 g/mol. The molecule has 1 N–H and O–H groups in total. The summed E-state index contributed by atoms with van der Waals surface area (Å²) in [6, 6.07) is 3.36. The average Bonchev–Trinajstić information content (AvgIpc) is 3.37. The SMILES string of the molecule is C=Nn1c(=O)c2c(n(CC=O)c1=NCC1=CCOCC1)COC21CCN(C(=O)c2ncc3ncccc3c2O)CC1. The molecule has 0 bridgehead atoms. The first-order valence-corrected chi connectivity index (χ1v) is 13.4. The highest BCUT2D eigenvalue weighted by molar-refractivity contribution is 6.00. The van der Waals surface area contributed by atoms with Crippen molar-refractivity contribution in [1.82, 2.24) is 24.1 Å². The number of likely N-dealkylation sites (tertiary alicyclic amines) is 1. The van der Waals surface area contributed by atoms with E-state index in [1.807, 2.05) is 6.08 Å². The molecule has 0 aliphatic carbocycles. The summed E-state index contributed by atoms with van der Waals surface area (Å²) in [5.74, 6) is -0.634. The van der Waals surface area contributed by atoms with Gasteiger partial charge < -0.3 is 28.8 Å². The second kappa shape index (κ2) is 10.8. The van der Waals surface area contributed by atoms with Gasteiger partial charge in [-0.15, -0.1) is 0 Å². The average molecular weight is 560 g/mol. The largest absolute Gasteiger partial charge is 0.505 e. The summed E-state index contributed by atoms with van der Waals surface area (Å²) in [7, 11) is 0. The van der Waals surface area contributed by atoms with Gasteiger partial charge in [0.25, 0.3) is 11.5 Å². The smallest absolute Gasteiger partial charge is 0.282 e. The van der Waals surface area contributed by atoms with E-state index in [-0.39, 0.29) is 43.3 Å². The minimum atomic E-state index is -0.967. The van der Waals surface area contributed by atoms with Crippen molar-refractivity contribution in [1.29, 1.82) is 0 Å². The third-order valence-electron chi connectivity index (χ3n) is 7.97. The Morgan fingerprint density at radius 2 is 2.10 bits per heavy atom. The summed E-state index contributed by atoms with van der Waals surface area (Å²) in [6.45, 7) is 5.66. The molecule has 3 aromatic heterocycles. The molecular weight excluding hydrogens is 530 g/mol. The molecule has 13 heteroatoms. The molecule has 1 fully saturated rings. The Balaban J connectivity index is 1.32. The first kappa shape index (κ1) is 26.7. The van der Waals surface area contributed by atoms with Crippen LogP contribution in [-0.2, 0) is 33.0 Å². The number of hydrogen-bond acceptors (Lipinski definition) is 10. The molecular formula is C28H29N7O6. The number of aromatic hydroxyl groups is 1. The number of ether oxygens (including phenoxy) is 2. The maximum atomic E-state index is 13.8. The Kier molecular flexibility index (Phi) is 7.05. The molecule has 0 unspecified atom stereocenters. The summed E-state index contributed by atoms with van der Waals surface area (Å²) in [5, 5.41) is 15.1. The lowest BCUT2D eigenvalue weighted by Crippen LogP contribution is -2.49. The Hall–Kier alpha value is -4.49. The highest BCUT2D eigenvalue weighted by Gasteiger charge is 2.47.